The summed E-state index contributed by atoms with van der Waals surface area (Å²) < 4.78 is 0. The van der Waals surface area contributed by atoms with Gasteiger partial charge < -0.3 is 10.0 Å². The van der Waals surface area contributed by atoms with E-state index in [4.69, 9.17) is 0 Å². The second kappa shape index (κ2) is 6.53. The van der Waals surface area contributed by atoms with Gasteiger partial charge in [0.15, 0.2) is 0 Å². The number of aliphatic hydroxyl groups excluding tert-OH is 1. The number of piperazine rings is 1. The summed E-state index contributed by atoms with van der Waals surface area (Å²) in [7, 11) is 0. The molecule has 106 valence electrons. The molecule has 0 aromatic carbocycles. The molecule has 0 spiro atoms. The minimum Gasteiger partial charge on any atom is -0.384 e. The van der Waals surface area contributed by atoms with Gasteiger partial charge in [0.25, 0.3) is 5.91 Å². The van der Waals surface area contributed by atoms with Crippen LogP contribution in [-0.2, 0) is 4.79 Å². The molecular formula is C14H28N2O2. The molecule has 2 rings (SSSR count). The predicted molar refractivity (Wildman–Crippen MR) is 73.4 cm³/mol. The van der Waals surface area contributed by atoms with Gasteiger partial charge >= 0.3 is 0 Å². The summed E-state index contributed by atoms with van der Waals surface area (Å²) in [6.07, 6.45) is 1.33. The Labute approximate surface area is 111 Å². The number of hydrogen-bond acceptors (Lipinski definition) is 3. The van der Waals surface area contributed by atoms with Gasteiger partial charge in [0.05, 0.1) is 0 Å². The normalized spacial score (nSPS) is 28.9. The smallest absolute Gasteiger partial charge is 0.251 e. The van der Waals surface area contributed by atoms with E-state index in [0.717, 1.165) is 25.9 Å². The molecule has 2 aliphatic rings. The molecular weight excluding hydrogens is 228 g/mol. The maximum atomic E-state index is 11.9. The number of carbonyl (C=O) groups is 1. The van der Waals surface area contributed by atoms with Crippen LogP contribution in [0.25, 0.3) is 0 Å². The van der Waals surface area contributed by atoms with Gasteiger partial charge in [0.2, 0.25) is 0 Å². The van der Waals surface area contributed by atoms with E-state index < -0.39 is 6.10 Å². The molecule has 1 N–H and O–H groups in total. The quantitative estimate of drug-likeness (QED) is 0.814. The molecule has 2 bridgehead atoms. The molecule has 0 aromatic rings. The van der Waals surface area contributed by atoms with E-state index in [1.165, 1.54) is 0 Å². The molecule has 4 heteroatoms. The van der Waals surface area contributed by atoms with Crippen molar-refractivity contribution >= 4 is 5.91 Å². The lowest BCUT2D eigenvalue weighted by Gasteiger charge is -2.43. The van der Waals surface area contributed by atoms with Crippen molar-refractivity contribution in [2.75, 3.05) is 13.1 Å². The van der Waals surface area contributed by atoms with Crippen LogP contribution in [0.2, 0.25) is 0 Å². The van der Waals surface area contributed by atoms with E-state index in [9.17, 15) is 9.90 Å². The minimum atomic E-state index is -0.853. The van der Waals surface area contributed by atoms with Crippen LogP contribution in [0.15, 0.2) is 0 Å². The zero-order valence-corrected chi connectivity index (χ0v) is 12.4. The molecule has 18 heavy (non-hydrogen) atoms. The van der Waals surface area contributed by atoms with E-state index in [-0.39, 0.29) is 5.91 Å². The Bertz CT molecular complexity index is 265. The Kier molecular flexibility index (Phi) is 5.60. The Balaban J connectivity index is 0.000000771. The molecule has 2 aliphatic heterocycles. The lowest BCUT2D eigenvalue weighted by molar-refractivity contribution is -0.145. The van der Waals surface area contributed by atoms with E-state index in [0.29, 0.717) is 18.1 Å². The number of likely N-dealkylation sites (tertiary alicyclic amines) is 1. The predicted octanol–water partition coefficient (Wildman–Crippen LogP) is 1.48. The fourth-order valence-corrected chi connectivity index (χ4v) is 2.93. The van der Waals surface area contributed by atoms with Crippen molar-refractivity contribution < 1.29 is 9.90 Å². The molecule has 2 saturated heterocycles. The van der Waals surface area contributed by atoms with Crippen molar-refractivity contribution in [2.24, 2.45) is 0 Å². The number of amides is 1. The Morgan fingerprint density at radius 3 is 1.89 bits per heavy atom. The van der Waals surface area contributed by atoms with E-state index in [2.05, 4.69) is 18.7 Å². The van der Waals surface area contributed by atoms with Gasteiger partial charge in [-0.1, -0.05) is 13.8 Å². The van der Waals surface area contributed by atoms with Crippen LogP contribution >= 0.6 is 0 Å². The summed E-state index contributed by atoms with van der Waals surface area (Å²) in [6, 6.07) is 1.19. The summed E-state index contributed by atoms with van der Waals surface area (Å²) >= 11 is 0. The molecule has 0 radical (unpaired) electrons. The average Bonchev–Trinajstić information content (AvgIpc) is 2.60. The van der Waals surface area contributed by atoms with Crippen molar-refractivity contribution in [1.29, 1.82) is 0 Å². The Morgan fingerprint density at radius 1 is 1.11 bits per heavy atom. The first-order valence-electron chi connectivity index (χ1n) is 7.25. The van der Waals surface area contributed by atoms with Crippen LogP contribution in [0.3, 0.4) is 0 Å². The third-order valence-electron chi connectivity index (χ3n) is 3.85. The average molecular weight is 256 g/mol. The van der Waals surface area contributed by atoms with Gasteiger partial charge in [-0.05, 0) is 33.6 Å². The SMILES string of the molecule is CC.CC(O)C(=O)N1C2CCC1CN(C(C)C)C2. The standard InChI is InChI=1S/C12H22N2O2.C2H6/c1-8(2)13-6-10-4-5-11(7-13)14(10)12(16)9(3)15;1-2/h8-11,15H,4-7H2,1-3H3;1-2H3. The largest absolute Gasteiger partial charge is 0.384 e. The summed E-state index contributed by atoms with van der Waals surface area (Å²) in [5.74, 6) is -0.0871. The van der Waals surface area contributed by atoms with E-state index in [1.807, 2.05) is 18.7 Å². The van der Waals surface area contributed by atoms with Gasteiger partial charge in [-0.2, -0.15) is 0 Å². The van der Waals surface area contributed by atoms with Crippen molar-refractivity contribution in [3.05, 3.63) is 0 Å². The molecule has 4 nitrogen and oxygen atoms in total. The minimum absolute atomic E-state index is 0.0871. The molecule has 2 fully saturated rings. The number of fused-ring (bicyclic) bond motifs is 2. The first-order chi connectivity index (χ1) is 8.50. The number of nitrogens with zero attached hydrogens (tertiary/aromatic N) is 2. The molecule has 0 aromatic heterocycles. The van der Waals surface area contributed by atoms with Crippen LogP contribution in [0.4, 0.5) is 0 Å². The molecule has 1 amide bonds. The number of rotatable bonds is 2. The second-order valence-corrected chi connectivity index (χ2v) is 5.35. The topological polar surface area (TPSA) is 43.8 Å². The van der Waals surface area contributed by atoms with E-state index >= 15 is 0 Å². The van der Waals surface area contributed by atoms with Crippen LogP contribution < -0.4 is 0 Å². The highest BCUT2D eigenvalue weighted by Crippen LogP contribution is 2.31. The summed E-state index contributed by atoms with van der Waals surface area (Å²) in [4.78, 5) is 16.3. The number of carbonyl (C=O) groups excluding carboxylic acids is 1. The molecule has 0 saturated carbocycles. The van der Waals surface area contributed by atoms with Crippen molar-refractivity contribution in [3.63, 3.8) is 0 Å². The maximum Gasteiger partial charge on any atom is 0.251 e. The molecule has 3 atom stereocenters. The Hall–Kier alpha value is -0.610. The number of hydrogen-bond donors (Lipinski definition) is 1. The van der Waals surface area contributed by atoms with Crippen molar-refractivity contribution in [1.82, 2.24) is 9.80 Å². The van der Waals surface area contributed by atoms with Crippen LogP contribution in [0.1, 0.15) is 47.5 Å². The van der Waals surface area contributed by atoms with Crippen LogP contribution in [0, 0.1) is 0 Å². The van der Waals surface area contributed by atoms with Gasteiger partial charge in [0.1, 0.15) is 6.10 Å². The second-order valence-electron chi connectivity index (χ2n) is 5.35. The van der Waals surface area contributed by atoms with Crippen molar-refractivity contribution in [2.45, 2.75) is 71.7 Å². The van der Waals surface area contributed by atoms with E-state index in [1.54, 1.807) is 6.92 Å². The fourth-order valence-electron chi connectivity index (χ4n) is 2.93. The monoisotopic (exact) mass is 256 g/mol. The lowest BCUT2D eigenvalue weighted by atomic mass is 10.1. The first kappa shape index (κ1) is 15.4. The maximum absolute atomic E-state index is 11.9. The summed E-state index contributed by atoms with van der Waals surface area (Å²) in [6.45, 7) is 11.9. The number of aliphatic hydroxyl groups is 1. The van der Waals surface area contributed by atoms with Crippen LogP contribution in [0.5, 0.6) is 0 Å². The van der Waals surface area contributed by atoms with Gasteiger partial charge in [0, 0.05) is 31.2 Å². The highest BCUT2D eigenvalue weighted by molar-refractivity contribution is 5.81. The third kappa shape index (κ3) is 3.04. The molecule has 3 unspecified atom stereocenters. The van der Waals surface area contributed by atoms with Gasteiger partial charge in [-0.25, -0.2) is 0 Å². The highest BCUT2D eigenvalue weighted by Gasteiger charge is 2.43. The van der Waals surface area contributed by atoms with Crippen molar-refractivity contribution in [3.8, 4) is 0 Å². The third-order valence-corrected chi connectivity index (χ3v) is 3.85. The molecule has 2 heterocycles. The summed E-state index contributed by atoms with van der Waals surface area (Å²) in [5, 5.41) is 9.41. The van der Waals surface area contributed by atoms with Gasteiger partial charge in [-0.15, -0.1) is 0 Å². The fraction of sp³-hybridized carbons (Fsp3) is 0.929. The first-order valence-corrected chi connectivity index (χ1v) is 7.25. The highest BCUT2D eigenvalue weighted by atomic mass is 16.3. The molecule has 0 aliphatic carbocycles. The van der Waals surface area contributed by atoms with Crippen LogP contribution in [-0.4, -0.2) is 58.1 Å². The zero-order chi connectivity index (χ0) is 13.9. The Morgan fingerprint density at radius 2 is 1.56 bits per heavy atom. The lowest BCUT2D eigenvalue weighted by Crippen LogP contribution is -2.58. The van der Waals surface area contributed by atoms with Gasteiger partial charge in [-0.3, -0.25) is 9.69 Å². The zero-order valence-electron chi connectivity index (χ0n) is 12.4. The summed E-state index contributed by atoms with van der Waals surface area (Å²) in [5.41, 5.74) is 0.